The first-order chi connectivity index (χ1) is 36.9. The topological polar surface area (TPSA) is 191 Å². The Labute approximate surface area is 499 Å². The Balaban J connectivity index is 0.000000258. The van der Waals surface area contributed by atoms with Crippen LogP contribution in [0.15, 0.2) is 54.6 Å². The molecule has 12 nitrogen and oxygen atoms in total. The number of thiophene rings is 3. The van der Waals surface area contributed by atoms with Crippen LogP contribution in [0.4, 0.5) is 0 Å². The number of halogens is 3. The van der Waals surface area contributed by atoms with Crippen LogP contribution in [0.3, 0.4) is 0 Å². The summed E-state index contributed by atoms with van der Waals surface area (Å²) < 4.78 is 56.6. The molecule has 1 fully saturated rings. The predicted molar refractivity (Wildman–Crippen MR) is 331 cm³/mol. The molecule has 0 radical (unpaired) electrons. The summed E-state index contributed by atoms with van der Waals surface area (Å²) in [5, 5.41) is 30.6. The lowest BCUT2D eigenvalue weighted by molar-refractivity contribution is 0.0690. The Morgan fingerprint density at radius 2 is 0.900 bits per heavy atom. The van der Waals surface area contributed by atoms with Crippen molar-refractivity contribution >= 4 is 119 Å². The molecule has 21 heteroatoms. The highest BCUT2D eigenvalue weighted by Crippen LogP contribution is 2.59. The van der Waals surface area contributed by atoms with Crippen molar-refractivity contribution in [2.24, 2.45) is 22.2 Å². The van der Waals surface area contributed by atoms with Crippen LogP contribution in [0.5, 0.6) is 0 Å². The number of carboxylic acid groups (broad SMARTS) is 3. The molecule has 3 aromatic heterocycles. The Kier molecular flexibility index (Phi) is 24.5. The van der Waals surface area contributed by atoms with Crippen LogP contribution < -0.4 is 10.6 Å². The highest BCUT2D eigenvalue weighted by molar-refractivity contribution is 7.66. The second-order valence-corrected chi connectivity index (χ2v) is 34.7. The Morgan fingerprint density at radius 3 is 1.23 bits per heavy atom. The first-order valence-electron chi connectivity index (χ1n) is 25.3. The van der Waals surface area contributed by atoms with Crippen molar-refractivity contribution in [2.45, 2.75) is 126 Å². The van der Waals surface area contributed by atoms with Crippen LogP contribution in [-0.2, 0) is 45.8 Å². The van der Waals surface area contributed by atoms with Gasteiger partial charge in [0.1, 0.15) is 14.6 Å². The Morgan fingerprint density at radius 1 is 0.550 bits per heavy atom. The van der Waals surface area contributed by atoms with Gasteiger partial charge < -0.3 is 28.9 Å². The van der Waals surface area contributed by atoms with Gasteiger partial charge in [-0.15, -0.1) is 34.0 Å². The molecule has 3 heterocycles. The number of hydrogen-bond donors (Lipinski definition) is 3. The second-order valence-electron chi connectivity index (χ2n) is 22.3. The van der Waals surface area contributed by atoms with Crippen LogP contribution in [0.2, 0.25) is 15.1 Å². The van der Waals surface area contributed by atoms with Crippen molar-refractivity contribution in [3.05, 3.63) is 121 Å². The zero-order valence-corrected chi connectivity index (χ0v) is 54.9. The van der Waals surface area contributed by atoms with E-state index in [2.05, 4.69) is 42.4 Å². The molecule has 3 atom stereocenters. The minimum absolute atomic E-state index is 0.0126. The number of aromatic carboxylic acids is 3. The van der Waals surface area contributed by atoms with Crippen molar-refractivity contribution in [1.82, 2.24) is 0 Å². The van der Waals surface area contributed by atoms with E-state index in [1.54, 1.807) is 55.5 Å². The molecule has 0 saturated heterocycles. The van der Waals surface area contributed by atoms with Crippen LogP contribution in [0.25, 0.3) is 0 Å². The summed E-state index contributed by atoms with van der Waals surface area (Å²) in [6.45, 7) is 21.9. The van der Waals surface area contributed by atoms with Gasteiger partial charge >= 0.3 is 17.9 Å². The molecule has 0 spiro atoms. The fourth-order valence-corrected chi connectivity index (χ4v) is 18.5. The maximum atomic E-state index is 13.5. The van der Waals surface area contributed by atoms with Gasteiger partial charge in [0.25, 0.3) is 0 Å². The quantitative estimate of drug-likeness (QED) is 0.0665. The molecular formula is C59H70Cl3O12P3S3. The molecule has 3 unspecified atom stereocenters. The van der Waals surface area contributed by atoms with E-state index in [1.165, 1.54) is 27.4 Å². The minimum Gasteiger partial charge on any atom is -0.477 e. The van der Waals surface area contributed by atoms with E-state index >= 15 is 0 Å². The average Bonchev–Trinajstić information content (AvgIpc) is 4.10. The standard InChI is InChI=1S/C20H22ClO4PS.C20H29O4PS.C19H19Cl2O4PS/c1-13-10-15(21)6-7-17(13)26(24,25-5)12-14-11-16(8-9-20(2,3)4)27-18(14)19(22)23;1-14-6-8-16(9-7-14)25(23,24-5)13-15-12-17(10-11-20(2,3)4)26-18(15)19(21)22;1-19(2,3)8-7-14-9-12(17(27-14)18(22)23)11-26(24,25-4)16-6-5-13(20)10-15(16)21/h6-7,10-11H,12H2,1-5H3,(H,22,23);12,14,16H,6-9,13H2,1-5H3,(H,21,22);5-6,9-10H,11H2,1-4H3,(H,22,23). The van der Waals surface area contributed by atoms with Crippen LogP contribution in [0, 0.1) is 64.6 Å². The molecule has 0 amide bonds. The molecule has 3 N–H and O–H groups in total. The van der Waals surface area contributed by atoms with Crippen LogP contribution in [-0.4, -0.2) is 60.2 Å². The zero-order chi connectivity index (χ0) is 60.3. The van der Waals surface area contributed by atoms with Crippen molar-refractivity contribution < 1.29 is 57.0 Å². The van der Waals surface area contributed by atoms with Crippen LogP contribution in [0.1, 0.15) is 161 Å². The van der Waals surface area contributed by atoms with Gasteiger partial charge in [-0.1, -0.05) is 77.2 Å². The van der Waals surface area contributed by atoms with E-state index in [4.69, 9.17) is 48.4 Å². The van der Waals surface area contributed by atoms with Gasteiger partial charge in [-0.25, -0.2) is 14.4 Å². The van der Waals surface area contributed by atoms with Gasteiger partial charge in [0, 0.05) is 58.6 Å². The highest BCUT2D eigenvalue weighted by atomic mass is 35.5. The number of aryl methyl sites for hydroxylation is 1. The summed E-state index contributed by atoms with van der Waals surface area (Å²) in [4.78, 5) is 37.4. The molecule has 1 aliphatic carbocycles. The number of benzene rings is 2. The first-order valence-corrected chi connectivity index (χ1v) is 34.4. The maximum absolute atomic E-state index is 13.5. The zero-order valence-electron chi connectivity index (χ0n) is 47.5. The van der Waals surface area contributed by atoms with Gasteiger partial charge in [-0.05, 0) is 178 Å². The van der Waals surface area contributed by atoms with Gasteiger partial charge in [-0.2, -0.15) is 0 Å². The molecule has 80 heavy (non-hydrogen) atoms. The smallest absolute Gasteiger partial charge is 0.346 e. The molecule has 6 rings (SSSR count). The molecule has 2 aromatic carbocycles. The van der Waals surface area contributed by atoms with Gasteiger partial charge in [0.15, 0.2) is 0 Å². The lowest BCUT2D eigenvalue weighted by Gasteiger charge is -2.31. The summed E-state index contributed by atoms with van der Waals surface area (Å²) in [6, 6.07) is 14.8. The molecule has 0 bridgehead atoms. The molecule has 1 aliphatic rings. The monoisotopic (exact) mass is 1260 g/mol. The molecular weight excluding hydrogens is 1200 g/mol. The summed E-state index contributed by atoms with van der Waals surface area (Å²) in [5.74, 6) is 15.9. The summed E-state index contributed by atoms with van der Waals surface area (Å²) in [7, 11) is -5.48. The fourth-order valence-electron chi connectivity index (χ4n) is 8.03. The first kappa shape index (κ1) is 68.6. The fraction of sp³-hybridized carbons (Fsp3) is 0.441. The number of carbonyl (C=O) groups is 3. The summed E-state index contributed by atoms with van der Waals surface area (Å²) in [6.07, 6.45) is 3.94. The SMILES string of the molecule is COP(=O)(Cc1cc(C#CC(C)(C)C)sc1C(=O)O)C1CCC(C)CC1.COP(=O)(Cc1cc(C#CC(C)(C)C)sc1C(=O)O)c1ccc(Cl)cc1C.COP(=O)(Cc1cc(C#CC(C)(C)C)sc1C(=O)O)c1ccc(Cl)cc1Cl. The molecule has 432 valence electrons. The second kappa shape index (κ2) is 28.6. The molecule has 0 aliphatic heterocycles. The lowest BCUT2D eigenvalue weighted by atomic mass is 9.91. The number of carboxylic acids is 3. The third-order valence-electron chi connectivity index (χ3n) is 12.1. The van der Waals surface area contributed by atoms with E-state index in [1.807, 2.05) is 62.3 Å². The van der Waals surface area contributed by atoms with Crippen molar-refractivity contribution in [1.29, 1.82) is 0 Å². The normalized spacial score (nSPS) is 16.6. The minimum atomic E-state index is -3.43. The summed E-state index contributed by atoms with van der Waals surface area (Å²) >= 11 is 21.4. The summed E-state index contributed by atoms with van der Waals surface area (Å²) in [5.41, 5.74) is 1.65. The van der Waals surface area contributed by atoms with E-state index in [9.17, 15) is 43.4 Å². The van der Waals surface area contributed by atoms with Gasteiger partial charge in [0.05, 0.1) is 43.4 Å². The maximum Gasteiger partial charge on any atom is 0.346 e. The lowest BCUT2D eigenvalue weighted by Crippen LogP contribution is -2.19. The van der Waals surface area contributed by atoms with Gasteiger partial charge in [-0.3, -0.25) is 13.7 Å². The number of rotatable bonds is 15. The third-order valence-corrected chi connectivity index (χ3v) is 24.3. The predicted octanol–water partition coefficient (Wildman–Crippen LogP) is 17.3. The molecule has 5 aromatic rings. The van der Waals surface area contributed by atoms with Crippen molar-refractivity contribution in [3.63, 3.8) is 0 Å². The molecule has 1 saturated carbocycles. The Bertz CT molecular complexity index is 3260. The highest BCUT2D eigenvalue weighted by Gasteiger charge is 2.38. The van der Waals surface area contributed by atoms with Gasteiger partial charge in [0.2, 0.25) is 22.1 Å². The van der Waals surface area contributed by atoms with E-state index < -0.39 is 40.0 Å². The van der Waals surface area contributed by atoms with Crippen molar-refractivity contribution in [2.75, 3.05) is 21.3 Å². The van der Waals surface area contributed by atoms with Crippen molar-refractivity contribution in [3.8, 4) is 35.5 Å². The van der Waals surface area contributed by atoms with Crippen LogP contribution >= 0.6 is 90.9 Å². The third kappa shape index (κ3) is 20.2. The number of hydrogen-bond acceptors (Lipinski definition) is 12. The average molecular weight is 1270 g/mol. The van der Waals surface area contributed by atoms with E-state index in [0.29, 0.717) is 57.9 Å². The Hall–Kier alpha value is -3.93. The van der Waals surface area contributed by atoms with E-state index in [-0.39, 0.29) is 60.0 Å². The largest absolute Gasteiger partial charge is 0.477 e. The van der Waals surface area contributed by atoms with E-state index in [0.717, 1.165) is 65.3 Å².